The Bertz CT molecular complexity index is 1460. The zero-order chi connectivity index (χ0) is 23.9. The van der Waals surface area contributed by atoms with Crippen LogP contribution in [0.4, 0.5) is 0 Å². The van der Waals surface area contributed by atoms with Gasteiger partial charge < -0.3 is 9.30 Å². The fraction of sp³-hybridized carbons (Fsp3) is 0.258. The molecule has 0 radical (unpaired) electrons. The molecular weight excluding hydrogens is 416 g/mol. The molecule has 0 spiro atoms. The Morgan fingerprint density at radius 2 is 1.56 bits per heavy atom. The molecular formula is C31H32N2O. The van der Waals surface area contributed by atoms with E-state index < -0.39 is 0 Å². The van der Waals surface area contributed by atoms with E-state index in [1.165, 1.54) is 33.0 Å². The fourth-order valence-electron chi connectivity index (χ4n) is 4.67. The van der Waals surface area contributed by atoms with Gasteiger partial charge in [0, 0.05) is 12.5 Å². The summed E-state index contributed by atoms with van der Waals surface area (Å²) in [5.74, 6) is 2.13. The largest absolute Gasteiger partial charge is 0.497 e. The first-order chi connectivity index (χ1) is 16.3. The summed E-state index contributed by atoms with van der Waals surface area (Å²) in [7, 11) is 1.71. The summed E-state index contributed by atoms with van der Waals surface area (Å²) in [5, 5.41) is 2.40. The van der Waals surface area contributed by atoms with Crippen molar-refractivity contribution in [3.8, 4) is 5.75 Å². The molecule has 0 fully saturated rings. The Kier molecular flexibility index (Phi) is 5.65. The molecule has 4 aromatic carbocycles. The Morgan fingerprint density at radius 3 is 2.29 bits per heavy atom. The number of hydrogen-bond donors (Lipinski definition) is 0. The average Bonchev–Trinajstić information content (AvgIpc) is 3.21. The van der Waals surface area contributed by atoms with Crippen molar-refractivity contribution in [3.05, 3.63) is 107 Å². The number of hydrogen-bond acceptors (Lipinski definition) is 2. The van der Waals surface area contributed by atoms with Gasteiger partial charge in [0.05, 0.1) is 18.1 Å². The highest BCUT2D eigenvalue weighted by atomic mass is 16.5. The third-order valence-electron chi connectivity index (χ3n) is 6.80. The molecule has 3 nitrogen and oxygen atoms in total. The minimum atomic E-state index is 0.153. The number of aromatic nitrogens is 2. The molecule has 5 aromatic rings. The van der Waals surface area contributed by atoms with Gasteiger partial charge in [-0.15, -0.1) is 0 Å². The van der Waals surface area contributed by atoms with Crippen molar-refractivity contribution < 1.29 is 4.74 Å². The van der Waals surface area contributed by atoms with Crippen molar-refractivity contribution in [3.63, 3.8) is 0 Å². The predicted molar refractivity (Wildman–Crippen MR) is 142 cm³/mol. The molecule has 0 bridgehead atoms. The Morgan fingerprint density at radius 1 is 0.853 bits per heavy atom. The van der Waals surface area contributed by atoms with Crippen molar-refractivity contribution >= 4 is 21.8 Å². The molecule has 1 unspecified atom stereocenters. The maximum Gasteiger partial charge on any atom is 0.119 e. The van der Waals surface area contributed by atoms with Gasteiger partial charge in [0.1, 0.15) is 11.6 Å². The lowest BCUT2D eigenvalue weighted by molar-refractivity contribution is 0.415. The summed E-state index contributed by atoms with van der Waals surface area (Å²) >= 11 is 0. The van der Waals surface area contributed by atoms with E-state index in [9.17, 15) is 0 Å². The number of ether oxygens (including phenoxy) is 1. The van der Waals surface area contributed by atoms with E-state index in [2.05, 4.69) is 111 Å². The molecule has 0 saturated heterocycles. The van der Waals surface area contributed by atoms with E-state index in [1.54, 1.807) is 7.11 Å². The van der Waals surface area contributed by atoms with Gasteiger partial charge in [-0.25, -0.2) is 4.98 Å². The molecule has 3 heteroatoms. The number of rotatable bonds is 5. The molecule has 0 aliphatic heterocycles. The van der Waals surface area contributed by atoms with Gasteiger partial charge in [-0.2, -0.15) is 0 Å². The second-order valence-electron chi connectivity index (χ2n) is 10.2. The van der Waals surface area contributed by atoms with Gasteiger partial charge >= 0.3 is 0 Å². The molecule has 172 valence electrons. The predicted octanol–water partition coefficient (Wildman–Crippen LogP) is 7.70. The van der Waals surface area contributed by atoms with Gasteiger partial charge in [0.2, 0.25) is 0 Å². The molecule has 0 amide bonds. The minimum absolute atomic E-state index is 0.153. The maximum absolute atomic E-state index is 5.39. The number of fused-ring (bicyclic) bond motifs is 2. The first-order valence-corrected chi connectivity index (χ1v) is 12.0. The first-order valence-electron chi connectivity index (χ1n) is 12.0. The quantitative estimate of drug-likeness (QED) is 0.275. The monoisotopic (exact) mass is 448 g/mol. The van der Waals surface area contributed by atoms with Crippen LogP contribution in [0.15, 0.2) is 84.9 Å². The highest BCUT2D eigenvalue weighted by molar-refractivity contribution is 5.85. The van der Waals surface area contributed by atoms with Crippen molar-refractivity contribution in [2.24, 2.45) is 0 Å². The molecule has 1 heterocycles. The topological polar surface area (TPSA) is 27.1 Å². The molecule has 0 saturated carbocycles. The molecule has 34 heavy (non-hydrogen) atoms. The van der Waals surface area contributed by atoms with Crippen LogP contribution in [0, 0.1) is 0 Å². The lowest BCUT2D eigenvalue weighted by Crippen LogP contribution is -2.12. The Hall–Kier alpha value is -3.59. The molecule has 0 N–H and O–H groups in total. The van der Waals surface area contributed by atoms with Crippen LogP contribution in [-0.4, -0.2) is 16.7 Å². The maximum atomic E-state index is 5.39. The summed E-state index contributed by atoms with van der Waals surface area (Å²) in [4.78, 5) is 5.09. The Labute approximate surface area is 202 Å². The molecule has 0 aliphatic carbocycles. The van der Waals surface area contributed by atoms with Crippen LogP contribution in [0.25, 0.3) is 21.8 Å². The number of para-hydroxylation sites is 2. The van der Waals surface area contributed by atoms with E-state index in [1.807, 2.05) is 6.07 Å². The molecule has 1 atom stereocenters. The van der Waals surface area contributed by atoms with Gasteiger partial charge in [-0.05, 0) is 57.1 Å². The smallest absolute Gasteiger partial charge is 0.119 e. The molecule has 0 aliphatic rings. The lowest BCUT2D eigenvalue weighted by atomic mass is 9.87. The van der Waals surface area contributed by atoms with Gasteiger partial charge in [0.25, 0.3) is 0 Å². The van der Waals surface area contributed by atoms with Crippen LogP contribution >= 0.6 is 0 Å². The van der Waals surface area contributed by atoms with Crippen LogP contribution in [-0.2, 0) is 12.0 Å². The normalized spacial score (nSPS) is 12.9. The SMILES string of the molecule is COc1ccc2cc(C(C)c3nc4ccccc4n3Cc3ccc(C(C)(C)C)cc3)ccc2c1. The standard InChI is InChI=1S/C31H32N2O/c1-21(23-12-13-25-19-27(34-5)17-14-24(25)18-23)30-32-28-8-6-7-9-29(28)33(30)20-22-10-15-26(16-11-22)31(2,3)4/h6-19,21H,20H2,1-5H3. The van der Waals surface area contributed by atoms with Gasteiger partial charge in [0.15, 0.2) is 0 Å². The summed E-state index contributed by atoms with van der Waals surface area (Å²) in [6.07, 6.45) is 0. The summed E-state index contributed by atoms with van der Waals surface area (Å²) in [6.45, 7) is 9.82. The summed E-state index contributed by atoms with van der Waals surface area (Å²) in [5.41, 5.74) is 6.27. The number of imidazole rings is 1. The second kappa shape index (κ2) is 8.64. The van der Waals surface area contributed by atoms with Crippen LogP contribution in [0.5, 0.6) is 5.75 Å². The third kappa shape index (κ3) is 4.19. The van der Waals surface area contributed by atoms with Crippen LogP contribution in [0.2, 0.25) is 0 Å². The van der Waals surface area contributed by atoms with E-state index in [0.717, 1.165) is 23.6 Å². The third-order valence-corrected chi connectivity index (χ3v) is 6.80. The van der Waals surface area contributed by atoms with Crippen molar-refractivity contribution in [1.82, 2.24) is 9.55 Å². The van der Waals surface area contributed by atoms with E-state index >= 15 is 0 Å². The van der Waals surface area contributed by atoms with E-state index in [0.29, 0.717) is 0 Å². The zero-order valence-corrected chi connectivity index (χ0v) is 20.7. The fourth-order valence-corrected chi connectivity index (χ4v) is 4.67. The summed E-state index contributed by atoms with van der Waals surface area (Å²) < 4.78 is 7.77. The van der Waals surface area contributed by atoms with Crippen LogP contribution < -0.4 is 4.74 Å². The van der Waals surface area contributed by atoms with Crippen molar-refractivity contribution in [1.29, 1.82) is 0 Å². The number of benzene rings is 4. The summed E-state index contributed by atoms with van der Waals surface area (Å²) in [6, 6.07) is 30.4. The molecule has 1 aromatic heterocycles. The van der Waals surface area contributed by atoms with Crippen molar-refractivity contribution in [2.45, 2.75) is 45.6 Å². The highest BCUT2D eigenvalue weighted by Gasteiger charge is 2.19. The molecule has 5 rings (SSSR count). The minimum Gasteiger partial charge on any atom is -0.497 e. The average molecular weight is 449 g/mol. The van der Waals surface area contributed by atoms with Gasteiger partial charge in [-0.3, -0.25) is 0 Å². The van der Waals surface area contributed by atoms with Crippen LogP contribution in [0.1, 0.15) is 56.1 Å². The number of methoxy groups -OCH3 is 1. The van der Waals surface area contributed by atoms with E-state index in [-0.39, 0.29) is 11.3 Å². The van der Waals surface area contributed by atoms with E-state index in [4.69, 9.17) is 9.72 Å². The first kappa shape index (κ1) is 22.2. The van der Waals surface area contributed by atoms with Crippen molar-refractivity contribution in [2.75, 3.05) is 7.11 Å². The number of nitrogens with zero attached hydrogens (tertiary/aromatic N) is 2. The highest BCUT2D eigenvalue weighted by Crippen LogP contribution is 2.31. The van der Waals surface area contributed by atoms with Crippen LogP contribution in [0.3, 0.4) is 0 Å². The zero-order valence-electron chi connectivity index (χ0n) is 20.7. The Balaban J connectivity index is 1.54. The lowest BCUT2D eigenvalue weighted by Gasteiger charge is -2.20. The second-order valence-corrected chi connectivity index (χ2v) is 10.2. The van der Waals surface area contributed by atoms with Gasteiger partial charge in [-0.1, -0.05) is 88.4 Å².